The van der Waals surface area contributed by atoms with E-state index in [0.29, 0.717) is 11.5 Å². The Labute approximate surface area is 145 Å². The lowest BCUT2D eigenvalue weighted by Crippen LogP contribution is -2.52. The van der Waals surface area contributed by atoms with E-state index in [4.69, 9.17) is 4.74 Å². The first kappa shape index (κ1) is 18.9. The van der Waals surface area contributed by atoms with Gasteiger partial charge in [0.2, 0.25) is 0 Å². The van der Waals surface area contributed by atoms with E-state index >= 15 is 0 Å². The zero-order valence-corrected chi connectivity index (χ0v) is 16.8. The Bertz CT molecular complexity index is 729. The Kier molecular flexibility index (Phi) is 5.11. The van der Waals surface area contributed by atoms with Gasteiger partial charge in [0.15, 0.2) is 0 Å². The van der Waals surface area contributed by atoms with Gasteiger partial charge in [0.1, 0.15) is 5.35 Å². The third-order valence-corrected chi connectivity index (χ3v) is 7.71. The molecule has 24 heavy (non-hydrogen) atoms. The minimum absolute atomic E-state index is 0.0385. The van der Waals surface area contributed by atoms with Gasteiger partial charge in [-0.15, -0.1) is 6.58 Å². The first-order valence-electron chi connectivity index (χ1n) is 8.64. The number of rotatable bonds is 4. The van der Waals surface area contributed by atoms with Crippen LogP contribution >= 0.6 is 0 Å². The predicted octanol–water partition coefficient (Wildman–Crippen LogP) is 2.55. The predicted molar refractivity (Wildman–Crippen MR) is 100 cm³/mol. The molecule has 1 fully saturated rings. The van der Waals surface area contributed by atoms with E-state index in [-0.39, 0.29) is 22.8 Å². The molecular weight excluding hydrogens is 320 g/mol. The maximum absolute atomic E-state index is 12.5. The fraction of sp³-hybridized carbons (Fsp3) is 0.667. The molecule has 1 aromatic rings. The molecule has 1 N–H and O–H groups in total. The van der Waals surface area contributed by atoms with Crippen LogP contribution < -0.4 is 11.2 Å². The molecule has 2 heterocycles. The molecule has 0 saturated carbocycles. The number of aromatic amines is 1. The Morgan fingerprint density at radius 3 is 2.58 bits per heavy atom. The van der Waals surface area contributed by atoms with Gasteiger partial charge in [0, 0.05) is 11.8 Å². The first-order chi connectivity index (χ1) is 11.0. The van der Waals surface area contributed by atoms with E-state index in [1.807, 2.05) is 6.08 Å². The molecule has 0 unspecified atom stereocenters. The number of H-pyrrole nitrogens is 1. The number of hydrogen-bond acceptors (Lipinski definition) is 3. The molecule has 1 saturated heterocycles. The van der Waals surface area contributed by atoms with Crippen molar-refractivity contribution in [1.29, 1.82) is 0 Å². The standard InChI is InChI=1S/C18H30N2O3Si/c1-8-9-14-13(17(3,4)5)10-18(23-14,24(6)7)20-11-12(2)15(21)19-16(20)22/h8,11,13-14,24H,1,9-10H2,2-7H3,(H,19,21,22)/t13-,14+,18-/m0/s1. The molecule has 5 nitrogen and oxygen atoms in total. The van der Waals surface area contributed by atoms with Crippen molar-refractivity contribution in [2.24, 2.45) is 11.3 Å². The number of nitrogens with zero attached hydrogens (tertiary/aromatic N) is 1. The Hall–Kier alpha value is -1.40. The molecule has 1 aromatic heterocycles. The summed E-state index contributed by atoms with van der Waals surface area (Å²) in [6, 6.07) is 0. The molecule has 0 aliphatic carbocycles. The molecule has 0 amide bonds. The minimum atomic E-state index is -1.44. The van der Waals surface area contributed by atoms with Crippen LogP contribution in [0.4, 0.5) is 0 Å². The van der Waals surface area contributed by atoms with Crippen LogP contribution in [0.25, 0.3) is 0 Å². The van der Waals surface area contributed by atoms with E-state index in [1.165, 1.54) is 0 Å². The van der Waals surface area contributed by atoms with Gasteiger partial charge in [0.05, 0.1) is 14.9 Å². The van der Waals surface area contributed by atoms with E-state index < -0.39 is 14.1 Å². The van der Waals surface area contributed by atoms with Gasteiger partial charge in [0.25, 0.3) is 5.56 Å². The third-order valence-electron chi connectivity index (χ3n) is 5.26. The lowest BCUT2D eigenvalue weighted by molar-refractivity contribution is -0.0499. The second-order valence-corrected chi connectivity index (χ2v) is 11.5. The van der Waals surface area contributed by atoms with Crippen molar-refractivity contribution in [3.8, 4) is 0 Å². The Balaban J connectivity index is 2.62. The van der Waals surface area contributed by atoms with Crippen molar-refractivity contribution >= 4 is 8.80 Å². The molecule has 0 radical (unpaired) electrons. The number of aryl methyl sites for hydroxylation is 1. The Morgan fingerprint density at radius 1 is 1.46 bits per heavy atom. The summed E-state index contributed by atoms with van der Waals surface area (Å²) >= 11 is 0. The molecule has 0 aromatic carbocycles. The van der Waals surface area contributed by atoms with Crippen LogP contribution in [0.3, 0.4) is 0 Å². The highest BCUT2D eigenvalue weighted by atomic mass is 28.3. The highest BCUT2D eigenvalue weighted by Gasteiger charge is 2.53. The van der Waals surface area contributed by atoms with Crippen LogP contribution in [0.15, 0.2) is 28.4 Å². The summed E-state index contributed by atoms with van der Waals surface area (Å²) in [5, 5.41) is -0.613. The van der Waals surface area contributed by atoms with Crippen molar-refractivity contribution in [3.05, 3.63) is 45.3 Å². The second-order valence-electron chi connectivity index (χ2n) is 8.30. The zero-order chi connectivity index (χ0) is 18.3. The normalized spacial score (nSPS) is 27.6. The van der Waals surface area contributed by atoms with Crippen molar-refractivity contribution in [1.82, 2.24) is 9.55 Å². The first-order valence-corrected chi connectivity index (χ1v) is 11.5. The van der Waals surface area contributed by atoms with Crippen LogP contribution in [-0.4, -0.2) is 24.5 Å². The van der Waals surface area contributed by atoms with Crippen LogP contribution in [-0.2, 0) is 10.1 Å². The molecule has 0 spiro atoms. The summed E-state index contributed by atoms with van der Waals surface area (Å²) in [7, 11) is -1.44. The molecule has 0 bridgehead atoms. The van der Waals surface area contributed by atoms with Crippen molar-refractivity contribution in [3.63, 3.8) is 0 Å². The summed E-state index contributed by atoms with van der Waals surface area (Å²) in [6.45, 7) is 16.6. The van der Waals surface area contributed by atoms with Crippen LogP contribution in [0.1, 0.15) is 39.2 Å². The zero-order valence-electron chi connectivity index (χ0n) is 15.7. The van der Waals surface area contributed by atoms with E-state index in [2.05, 4.69) is 45.4 Å². The van der Waals surface area contributed by atoms with Crippen LogP contribution in [0.5, 0.6) is 0 Å². The summed E-state index contributed by atoms with van der Waals surface area (Å²) in [5.41, 5.74) is -0.102. The number of nitrogens with one attached hydrogen (secondary N) is 1. The van der Waals surface area contributed by atoms with Gasteiger partial charge in [-0.05, 0) is 31.1 Å². The van der Waals surface area contributed by atoms with Crippen molar-refractivity contribution in [2.75, 3.05) is 0 Å². The second kappa shape index (κ2) is 6.48. The average Bonchev–Trinajstić information content (AvgIpc) is 2.84. The quantitative estimate of drug-likeness (QED) is 0.670. The van der Waals surface area contributed by atoms with Crippen LogP contribution in [0.2, 0.25) is 13.1 Å². The number of hydrogen-bond donors (Lipinski definition) is 1. The fourth-order valence-electron chi connectivity index (χ4n) is 3.73. The topological polar surface area (TPSA) is 64.1 Å². The van der Waals surface area contributed by atoms with Crippen LogP contribution in [0, 0.1) is 18.3 Å². The van der Waals surface area contributed by atoms with Gasteiger partial charge < -0.3 is 4.74 Å². The number of aromatic nitrogens is 2. The molecular formula is C18H30N2O3Si. The van der Waals surface area contributed by atoms with Crippen molar-refractivity contribution < 1.29 is 4.74 Å². The van der Waals surface area contributed by atoms with Gasteiger partial charge in [-0.1, -0.05) is 39.9 Å². The van der Waals surface area contributed by atoms with E-state index in [9.17, 15) is 9.59 Å². The maximum Gasteiger partial charge on any atom is 0.330 e. The minimum Gasteiger partial charge on any atom is -0.355 e. The molecule has 2 rings (SSSR count). The molecule has 6 heteroatoms. The lowest BCUT2D eigenvalue weighted by Gasteiger charge is -2.35. The summed E-state index contributed by atoms with van der Waals surface area (Å²) in [6.07, 6.45) is 5.16. The third kappa shape index (κ3) is 3.22. The van der Waals surface area contributed by atoms with Gasteiger partial charge in [-0.3, -0.25) is 14.3 Å². The summed E-state index contributed by atoms with van der Waals surface area (Å²) in [4.78, 5) is 26.7. The SMILES string of the molecule is C=CC[C@H]1O[C@](n2cc(C)c(=O)[nH]c2=O)([SiH](C)C)C[C@@H]1C(C)(C)C. The molecule has 3 atom stereocenters. The fourth-order valence-corrected chi connectivity index (χ4v) is 5.65. The highest BCUT2D eigenvalue weighted by molar-refractivity contribution is 6.58. The molecule has 134 valence electrons. The van der Waals surface area contributed by atoms with E-state index in [1.54, 1.807) is 17.7 Å². The monoisotopic (exact) mass is 350 g/mol. The summed E-state index contributed by atoms with van der Waals surface area (Å²) in [5.74, 6) is 0.324. The smallest absolute Gasteiger partial charge is 0.330 e. The van der Waals surface area contributed by atoms with E-state index in [0.717, 1.165) is 12.8 Å². The van der Waals surface area contributed by atoms with Crippen molar-refractivity contribution in [2.45, 2.75) is 65.1 Å². The Morgan fingerprint density at radius 2 is 2.08 bits per heavy atom. The lowest BCUT2D eigenvalue weighted by atomic mass is 9.75. The largest absolute Gasteiger partial charge is 0.355 e. The molecule has 1 aliphatic heterocycles. The van der Waals surface area contributed by atoms with Gasteiger partial charge >= 0.3 is 5.69 Å². The highest BCUT2D eigenvalue weighted by Crippen LogP contribution is 2.48. The molecule has 1 aliphatic rings. The average molecular weight is 351 g/mol. The maximum atomic E-state index is 12.5. The number of ether oxygens (including phenoxy) is 1. The van der Waals surface area contributed by atoms with Gasteiger partial charge in [-0.2, -0.15) is 0 Å². The van der Waals surface area contributed by atoms with Gasteiger partial charge in [-0.25, -0.2) is 4.79 Å². The summed E-state index contributed by atoms with van der Waals surface area (Å²) < 4.78 is 8.24.